The third kappa shape index (κ3) is 2.64. The van der Waals surface area contributed by atoms with Gasteiger partial charge >= 0.3 is 0 Å². The number of pyridine rings is 1. The van der Waals surface area contributed by atoms with Crippen LogP contribution >= 0.6 is 0 Å². The molecule has 1 amide bonds. The number of carbonyl (C=O) groups is 1. The molecule has 0 aliphatic heterocycles. The Morgan fingerprint density at radius 3 is 3.12 bits per heavy atom. The van der Waals surface area contributed by atoms with E-state index in [-0.39, 0.29) is 11.8 Å². The molecule has 3 N–H and O–H groups in total. The normalized spacial score (nSPS) is 23.6. The van der Waals surface area contributed by atoms with Gasteiger partial charge < -0.3 is 11.1 Å². The molecule has 2 unspecified atom stereocenters. The SMILES string of the molecule is Cc1ncccc1NC(=O)C1CCCC1CN. The Hall–Kier alpha value is -1.42. The van der Waals surface area contributed by atoms with Crippen LogP contribution in [0.2, 0.25) is 0 Å². The smallest absolute Gasteiger partial charge is 0.227 e. The van der Waals surface area contributed by atoms with Crippen molar-refractivity contribution in [1.29, 1.82) is 0 Å². The van der Waals surface area contributed by atoms with Gasteiger partial charge in [0.25, 0.3) is 0 Å². The zero-order valence-electron chi connectivity index (χ0n) is 10.1. The number of hydrogen-bond acceptors (Lipinski definition) is 3. The van der Waals surface area contributed by atoms with Crippen molar-refractivity contribution in [1.82, 2.24) is 4.98 Å². The number of nitrogens with two attached hydrogens (primary N) is 1. The molecule has 1 fully saturated rings. The lowest BCUT2D eigenvalue weighted by molar-refractivity contribution is -0.120. The third-order valence-corrected chi connectivity index (χ3v) is 3.56. The molecule has 1 aromatic heterocycles. The van der Waals surface area contributed by atoms with Crippen molar-refractivity contribution in [3.63, 3.8) is 0 Å². The Balaban J connectivity index is 2.04. The number of nitrogens with one attached hydrogen (secondary N) is 1. The Morgan fingerprint density at radius 2 is 2.41 bits per heavy atom. The van der Waals surface area contributed by atoms with Gasteiger partial charge in [-0.05, 0) is 44.4 Å². The van der Waals surface area contributed by atoms with Gasteiger partial charge in [0.2, 0.25) is 5.91 Å². The van der Waals surface area contributed by atoms with Crippen molar-refractivity contribution >= 4 is 11.6 Å². The summed E-state index contributed by atoms with van der Waals surface area (Å²) in [5, 5.41) is 2.96. The third-order valence-electron chi connectivity index (χ3n) is 3.56. The number of anilines is 1. The summed E-state index contributed by atoms with van der Waals surface area (Å²) in [5.74, 6) is 0.501. The molecule has 0 radical (unpaired) electrons. The van der Waals surface area contributed by atoms with Crippen molar-refractivity contribution in [3.8, 4) is 0 Å². The van der Waals surface area contributed by atoms with Gasteiger partial charge in [-0.2, -0.15) is 0 Å². The van der Waals surface area contributed by atoms with E-state index in [4.69, 9.17) is 5.73 Å². The molecule has 1 aromatic rings. The lowest BCUT2D eigenvalue weighted by Gasteiger charge is -2.17. The second-order valence-electron chi connectivity index (χ2n) is 4.66. The van der Waals surface area contributed by atoms with Crippen LogP contribution in [0.25, 0.3) is 0 Å². The molecule has 1 aliphatic rings. The first-order valence-electron chi connectivity index (χ1n) is 6.15. The predicted octanol–water partition coefficient (Wildman–Crippen LogP) is 1.70. The van der Waals surface area contributed by atoms with Gasteiger partial charge in [0.05, 0.1) is 11.4 Å². The summed E-state index contributed by atoms with van der Waals surface area (Å²) in [5.41, 5.74) is 7.35. The summed E-state index contributed by atoms with van der Waals surface area (Å²) in [6.07, 6.45) is 4.85. The average molecular weight is 233 g/mol. The Kier molecular flexibility index (Phi) is 3.74. The van der Waals surface area contributed by atoms with Crippen LogP contribution in [-0.2, 0) is 4.79 Å². The van der Waals surface area contributed by atoms with Crippen LogP contribution in [-0.4, -0.2) is 17.4 Å². The van der Waals surface area contributed by atoms with Crippen LogP contribution in [0.4, 0.5) is 5.69 Å². The lowest BCUT2D eigenvalue weighted by Crippen LogP contribution is -2.30. The minimum Gasteiger partial charge on any atom is -0.330 e. The maximum atomic E-state index is 12.1. The molecule has 92 valence electrons. The van der Waals surface area contributed by atoms with Gasteiger partial charge in [0.1, 0.15) is 0 Å². The lowest BCUT2D eigenvalue weighted by atomic mass is 9.95. The maximum Gasteiger partial charge on any atom is 0.227 e. The van der Waals surface area contributed by atoms with Gasteiger partial charge in [-0.3, -0.25) is 9.78 Å². The van der Waals surface area contributed by atoms with E-state index in [2.05, 4.69) is 10.3 Å². The number of aryl methyl sites for hydroxylation is 1. The van der Waals surface area contributed by atoms with Crippen LogP contribution in [0, 0.1) is 18.8 Å². The number of nitrogens with zero attached hydrogens (tertiary/aromatic N) is 1. The molecule has 4 heteroatoms. The topological polar surface area (TPSA) is 68.0 Å². The zero-order chi connectivity index (χ0) is 12.3. The fraction of sp³-hybridized carbons (Fsp3) is 0.538. The van der Waals surface area contributed by atoms with Crippen LogP contribution in [0.3, 0.4) is 0 Å². The Labute approximate surface area is 102 Å². The largest absolute Gasteiger partial charge is 0.330 e. The van der Waals surface area contributed by atoms with E-state index in [1.807, 2.05) is 19.1 Å². The summed E-state index contributed by atoms with van der Waals surface area (Å²) >= 11 is 0. The first-order valence-corrected chi connectivity index (χ1v) is 6.15. The van der Waals surface area contributed by atoms with E-state index in [0.29, 0.717) is 12.5 Å². The van der Waals surface area contributed by atoms with Crippen molar-refractivity contribution in [2.24, 2.45) is 17.6 Å². The minimum atomic E-state index is 0.0691. The molecule has 0 spiro atoms. The molecule has 0 aromatic carbocycles. The zero-order valence-corrected chi connectivity index (χ0v) is 10.1. The first kappa shape index (κ1) is 12.0. The van der Waals surface area contributed by atoms with Crippen molar-refractivity contribution in [2.75, 3.05) is 11.9 Å². The van der Waals surface area contributed by atoms with E-state index in [1.54, 1.807) is 6.20 Å². The Bertz CT molecular complexity index is 405. The highest BCUT2D eigenvalue weighted by atomic mass is 16.1. The molecule has 1 heterocycles. The first-order chi connectivity index (χ1) is 8.22. The number of aromatic nitrogens is 1. The molecule has 2 rings (SSSR count). The van der Waals surface area contributed by atoms with Crippen LogP contribution in [0.1, 0.15) is 25.0 Å². The molecular formula is C13H19N3O. The van der Waals surface area contributed by atoms with Gasteiger partial charge in [-0.1, -0.05) is 6.42 Å². The second-order valence-corrected chi connectivity index (χ2v) is 4.66. The van der Waals surface area contributed by atoms with Crippen LogP contribution in [0.15, 0.2) is 18.3 Å². The molecule has 17 heavy (non-hydrogen) atoms. The van der Waals surface area contributed by atoms with E-state index < -0.39 is 0 Å². The van der Waals surface area contributed by atoms with E-state index >= 15 is 0 Å². The summed E-state index contributed by atoms with van der Waals surface area (Å²) in [6, 6.07) is 3.71. The van der Waals surface area contributed by atoms with Crippen molar-refractivity contribution in [3.05, 3.63) is 24.0 Å². The predicted molar refractivity (Wildman–Crippen MR) is 67.5 cm³/mol. The minimum absolute atomic E-state index is 0.0691. The fourth-order valence-electron chi connectivity index (χ4n) is 2.51. The average Bonchev–Trinajstić information content (AvgIpc) is 2.80. The summed E-state index contributed by atoms with van der Waals surface area (Å²) in [4.78, 5) is 16.3. The molecule has 2 atom stereocenters. The standard InChI is InChI=1S/C13H19N3O/c1-9-12(6-3-7-15-9)16-13(17)11-5-2-4-10(11)8-14/h3,6-7,10-11H,2,4-5,8,14H2,1H3,(H,16,17). The Morgan fingerprint density at radius 1 is 1.59 bits per heavy atom. The van der Waals surface area contributed by atoms with Crippen LogP contribution in [0.5, 0.6) is 0 Å². The fourth-order valence-corrected chi connectivity index (χ4v) is 2.51. The van der Waals surface area contributed by atoms with Gasteiger partial charge in [0.15, 0.2) is 0 Å². The quantitative estimate of drug-likeness (QED) is 0.835. The number of carbonyl (C=O) groups excluding carboxylic acids is 1. The summed E-state index contributed by atoms with van der Waals surface area (Å²) < 4.78 is 0. The highest BCUT2D eigenvalue weighted by Crippen LogP contribution is 2.31. The molecule has 1 aliphatic carbocycles. The van der Waals surface area contributed by atoms with E-state index in [0.717, 1.165) is 30.6 Å². The van der Waals surface area contributed by atoms with Gasteiger partial charge in [-0.25, -0.2) is 0 Å². The maximum absolute atomic E-state index is 12.1. The highest BCUT2D eigenvalue weighted by molar-refractivity contribution is 5.93. The molecule has 0 bridgehead atoms. The molecule has 0 saturated heterocycles. The van der Waals surface area contributed by atoms with E-state index in [1.165, 1.54) is 0 Å². The molecule has 4 nitrogen and oxygen atoms in total. The van der Waals surface area contributed by atoms with Crippen molar-refractivity contribution < 1.29 is 4.79 Å². The summed E-state index contributed by atoms with van der Waals surface area (Å²) in [7, 11) is 0. The monoisotopic (exact) mass is 233 g/mol. The van der Waals surface area contributed by atoms with Gasteiger partial charge in [-0.15, -0.1) is 0 Å². The second kappa shape index (κ2) is 5.27. The van der Waals surface area contributed by atoms with E-state index in [9.17, 15) is 4.79 Å². The van der Waals surface area contributed by atoms with Crippen molar-refractivity contribution in [2.45, 2.75) is 26.2 Å². The number of rotatable bonds is 3. The highest BCUT2D eigenvalue weighted by Gasteiger charge is 2.31. The molecule has 1 saturated carbocycles. The number of amides is 1. The number of hydrogen-bond donors (Lipinski definition) is 2. The molecular weight excluding hydrogens is 214 g/mol. The van der Waals surface area contributed by atoms with Gasteiger partial charge in [0, 0.05) is 12.1 Å². The summed E-state index contributed by atoms with van der Waals surface area (Å²) in [6.45, 7) is 2.49. The van der Waals surface area contributed by atoms with Crippen LogP contribution < -0.4 is 11.1 Å².